The molecule has 3 aliphatic rings. The number of carboxylic acid groups (broad SMARTS) is 1. The lowest BCUT2D eigenvalue weighted by Gasteiger charge is -2.37. The molecule has 134 valence electrons. The van der Waals surface area contributed by atoms with Gasteiger partial charge in [0, 0.05) is 5.41 Å². The van der Waals surface area contributed by atoms with E-state index in [9.17, 15) is 23.1 Å². The number of rotatable bonds is 2. The van der Waals surface area contributed by atoms with Gasteiger partial charge in [-0.3, -0.25) is 4.79 Å². The Morgan fingerprint density at radius 2 is 1.84 bits per heavy atom. The summed E-state index contributed by atoms with van der Waals surface area (Å²) in [5, 5.41) is 9.34. The summed E-state index contributed by atoms with van der Waals surface area (Å²) in [5.74, 6) is -1.56. The molecule has 2 bridgehead atoms. The van der Waals surface area contributed by atoms with Gasteiger partial charge in [0.15, 0.2) is 0 Å². The number of hydrogen-bond acceptors (Lipinski definition) is 4. The monoisotopic (exact) mass is 363 g/mol. The minimum absolute atomic E-state index is 0.0187. The molecule has 0 radical (unpaired) electrons. The number of sulfonamides is 1. The second kappa shape index (κ2) is 4.84. The van der Waals surface area contributed by atoms with Gasteiger partial charge in [0.05, 0.1) is 22.9 Å². The molecule has 2 aliphatic carbocycles. The van der Waals surface area contributed by atoms with Crippen LogP contribution in [0.25, 0.3) is 0 Å². The zero-order chi connectivity index (χ0) is 18.2. The average molecular weight is 363 g/mol. The molecular formula is C18H21NO5S. The Bertz CT molecular complexity index is 890. The second-order valence-electron chi connectivity index (χ2n) is 8.07. The van der Waals surface area contributed by atoms with Crippen molar-refractivity contribution in [1.29, 1.82) is 0 Å². The SMILES string of the molecule is CC1(C)[C@@H]2CCC13CS(=O)(=O)N(C(=O)c1ccccc1C(=O)O)[C@@H]3C2. The first-order chi connectivity index (χ1) is 11.6. The summed E-state index contributed by atoms with van der Waals surface area (Å²) in [6, 6.07) is 5.45. The number of benzene rings is 1. The molecule has 7 heteroatoms. The summed E-state index contributed by atoms with van der Waals surface area (Å²) in [4.78, 5) is 24.5. The number of carbonyl (C=O) groups is 2. The Balaban J connectivity index is 1.82. The predicted octanol–water partition coefficient (Wildman–Crippen LogP) is 2.37. The Morgan fingerprint density at radius 1 is 1.20 bits per heavy atom. The van der Waals surface area contributed by atoms with E-state index in [0.29, 0.717) is 12.3 Å². The van der Waals surface area contributed by atoms with Crippen LogP contribution in [-0.2, 0) is 10.0 Å². The first kappa shape index (κ1) is 16.6. The van der Waals surface area contributed by atoms with E-state index in [1.165, 1.54) is 18.2 Å². The fourth-order valence-electron chi connectivity index (χ4n) is 5.53. The maximum Gasteiger partial charge on any atom is 0.336 e. The Morgan fingerprint density at radius 3 is 2.44 bits per heavy atom. The van der Waals surface area contributed by atoms with Crippen LogP contribution in [-0.4, -0.2) is 41.5 Å². The van der Waals surface area contributed by atoms with Crippen LogP contribution in [0.1, 0.15) is 53.8 Å². The van der Waals surface area contributed by atoms with Crippen molar-refractivity contribution >= 4 is 21.9 Å². The minimum Gasteiger partial charge on any atom is -0.478 e. The highest BCUT2D eigenvalue weighted by Crippen LogP contribution is 2.70. The van der Waals surface area contributed by atoms with Crippen LogP contribution in [0.3, 0.4) is 0 Å². The van der Waals surface area contributed by atoms with Crippen LogP contribution in [0.4, 0.5) is 0 Å². The van der Waals surface area contributed by atoms with Gasteiger partial charge in [0.2, 0.25) is 10.0 Å². The zero-order valence-electron chi connectivity index (χ0n) is 14.2. The quantitative estimate of drug-likeness (QED) is 0.871. The second-order valence-corrected chi connectivity index (χ2v) is 9.92. The van der Waals surface area contributed by atoms with Gasteiger partial charge in [-0.2, -0.15) is 0 Å². The zero-order valence-corrected chi connectivity index (χ0v) is 15.0. The van der Waals surface area contributed by atoms with E-state index < -0.39 is 27.3 Å². The maximum absolute atomic E-state index is 13.1. The number of fused-ring (bicyclic) bond motifs is 1. The molecular weight excluding hydrogens is 342 g/mol. The van der Waals surface area contributed by atoms with E-state index in [2.05, 4.69) is 13.8 Å². The number of nitrogens with zero attached hydrogens (tertiary/aromatic N) is 1. The van der Waals surface area contributed by atoms with Gasteiger partial charge in [0.1, 0.15) is 0 Å². The molecule has 3 fully saturated rings. The van der Waals surface area contributed by atoms with Gasteiger partial charge in [-0.15, -0.1) is 0 Å². The molecule has 1 aliphatic heterocycles. The lowest BCUT2D eigenvalue weighted by Crippen LogP contribution is -2.44. The molecule has 25 heavy (non-hydrogen) atoms. The van der Waals surface area contributed by atoms with E-state index in [1.54, 1.807) is 6.07 Å². The van der Waals surface area contributed by atoms with Gasteiger partial charge in [-0.1, -0.05) is 26.0 Å². The topological polar surface area (TPSA) is 91.8 Å². The van der Waals surface area contributed by atoms with Crippen molar-refractivity contribution < 1.29 is 23.1 Å². The van der Waals surface area contributed by atoms with Crippen molar-refractivity contribution in [2.45, 2.75) is 39.2 Å². The molecule has 1 amide bonds. The Kier molecular flexibility index (Phi) is 3.21. The number of carbonyl (C=O) groups excluding carboxylic acids is 1. The lowest BCUT2D eigenvalue weighted by molar-refractivity contribution is 0.0658. The highest BCUT2D eigenvalue weighted by atomic mass is 32.2. The third-order valence-corrected chi connectivity index (χ3v) is 8.90. The Hall–Kier alpha value is -1.89. The van der Waals surface area contributed by atoms with Gasteiger partial charge < -0.3 is 5.11 Å². The summed E-state index contributed by atoms with van der Waals surface area (Å²) < 4.78 is 26.8. The van der Waals surface area contributed by atoms with Crippen molar-refractivity contribution in [2.75, 3.05) is 5.75 Å². The van der Waals surface area contributed by atoms with Gasteiger partial charge in [0.25, 0.3) is 5.91 Å². The summed E-state index contributed by atoms with van der Waals surface area (Å²) in [5.41, 5.74) is -0.765. The highest BCUT2D eigenvalue weighted by Gasteiger charge is 2.72. The fraction of sp³-hybridized carbons (Fsp3) is 0.556. The fourth-order valence-corrected chi connectivity index (χ4v) is 8.06. The smallest absolute Gasteiger partial charge is 0.336 e. The van der Waals surface area contributed by atoms with Crippen LogP contribution in [0.2, 0.25) is 0 Å². The average Bonchev–Trinajstić information content (AvgIpc) is 3.01. The van der Waals surface area contributed by atoms with Crippen molar-refractivity contribution in [1.82, 2.24) is 4.31 Å². The molecule has 1 N–H and O–H groups in total. The third-order valence-electron chi connectivity index (χ3n) is 7.00. The molecule has 1 spiro atoms. The first-order valence-electron chi connectivity index (χ1n) is 8.50. The first-order valence-corrected chi connectivity index (χ1v) is 10.1. The number of hydrogen-bond donors (Lipinski definition) is 1. The largest absolute Gasteiger partial charge is 0.478 e. The van der Waals surface area contributed by atoms with E-state index in [4.69, 9.17) is 0 Å². The summed E-state index contributed by atoms with van der Waals surface area (Å²) in [7, 11) is -3.76. The number of amides is 1. The Labute approximate surface area is 146 Å². The van der Waals surface area contributed by atoms with E-state index in [1.807, 2.05) is 0 Å². The van der Waals surface area contributed by atoms with Gasteiger partial charge >= 0.3 is 5.97 Å². The van der Waals surface area contributed by atoms with Crippen LogP contribution in [0, 0.1) is 16.7 Å². The standard InChI is InChI=1S/C18H21NO5S/c1-17(2)11-7-8-18(17)10-25(23,24)19(14(18)9-11)15(20)12-5-3-4-6-13(12)16(21)22/h3-6,11,14H,7-10H2,1-2H3,(H,21,22)/t11-,14-,18?/m1/s1. The third kappa shape index (κ3) is 1.93. The molecule has 1 heterocycles. The van der Waals surface area contributed by atoms with Crippen molar-refractivity contribution in [3.63, 3.8) is 0 Å². The van der Waals surface area contributed by atoms with Crippen molar-refractivity contribution in [3.05, 3.63) is 35.4 Å². The normalized spacial score (nSPS) is 34.1. The molecule has 1 saturated heterocycles. The molecule has 6 nitrogen and oxygen atoms in total. The van der Waals surface area contributed by atoms with Crippen LogP contribution in [0.15, 0.2) is 24.3 Å². The van der Waals surface area contributed by atoms with E-state index in [-0.39, 0.29) is 28.3 Å². The number of aromatic carboxylic acids is 1. The number of carboxylic acids is 1. The minimum atomic E-state index is -3.76. The van der Waals surface area contributed by atoms with Gasteiger partial charge in [-0.05, 0) is 42.7 Å². The lowest BCUT2D eigenvalue weighted by atomic mass is 9.69. The molecule has 1 unspecified atom stereocenters. The summed E-state index contributed by atoms with van der Waals surface area (Å²) in [6.07, 6.45) is 2.47. The molecule has 0 aromatic heterocycles. The molecule has 1 aromatic carbocycles. The highest BCUT2D eigenvalue weighted by molar-refractivity contribution is 7.90. The van der Waals surface area contributed by atoms with Crippen LogP contribution in [0.5, 0.6) is 0 Å². The molecule has 1 aromatic rings. The summed E-state index contributed by atoms with van der Waals surface area (Å²) >= 11 is 0. The van der Waals surface area contributed by atoms with E-state index in [0.717, 1.165) is 17.1 Å². The van der Waals surface area contributed by atoms with E-state index >= 15 is 0 Å². The molecule has 3 atom stereocenters. The predicted molar refractivity (Wildman–Crippen MR) is 90.7 cm³/mol. The maximum atomic E-state index is 13.1. The van der Waals surface area contributed by atoms with Crippen LogP contribution >= 0.6 is 0 Å². The van der Waals surface area contributed by atoms with Gasteiger partial charge in [-0.25, -0.2) is 17.5 Å². The molecule has 4 rings (SSSR count). The van der Waals surface area contributed by atoms with Crippen molar-refractivity contribution in [3.8, 4) is 0 Å². The molecule has 2 saturated carbocycles. The summed E-state index contributed by atoms with van der Waals surface area (Å²) in [6.45, 7) is 4.22. The van der Waals surface area contributed by atoms with Crippen molar-refractivity contribution in [2.24, 2.45) is 16.7 Å². The van der Waals surface area contributed by atoms with Crippen LogP contribution < -0.4 is 0 Å².